The molecular formula is C17H18N4O4S2. The number of aromatic nitrogens is 2. The Morgan fingerprint density at radius 3 is 2.59 bits per heavy atom. The monoisotopic (exact) mass is 406 g/mol. The third kappa shape index (κ3) is 4.40. The molecule has 3 rings (SSSR count). The minimum Gasteiger partial charge on any atom is -0.497 e. The first-order valence-electron chi connectivity index (χ1n) is 7.97. The van der Waals surface area contributed by atoms with E-state index in [4.69, 9.17) is 9.47 Å². The molecule has 0 saturated heterocycles. The van der Waals surface area contributed by atoms with Crippen molar-refractivity contribution in [1.82, 2.24) is 20.8 Å². The van der Waals surface area contributed by atoms with Gasteiger partial charge in [0.05, 0.1) is 25.8 Å². The molecule has 2 amide bonds. The van der Waals surface area contributed by atoms with Gasteiger partial charge in [-0.2, -0.15) is 0 Å². The van der Waals surface area contributed by atoms with Crippen LogP contribution >= 0.6 is 23.1 Å². The molecule has 0 radical (unpaired) electrons. The normalized spacial score (nSPS) is 16.6. The fraction of sp³-hybridized carbons (Fsp3) is 0.294. The van der Waals surface area contributed by atoms with Crippen molar-refractivity contribution < 1.29 is 19.1 Å². The summed E-state index contributed by atoms with van der Waals surface area (Å²) < 4.78 is 10.9. The Labute approximate surface area is 164 Å². The summed E-state index contributed by atoms with van der Waals surface area (Å²) in [5.74, 6) is 0.538. The molecule has 1 aliphatic heterocycles. The molecule has 0 saturated carbocycles. The van der Waals surface area contributed by atoms with Gasteiger partial charge in [-0.15, -0.1) is 10.2 Å². The van der Waals surface area contributed by atoms with E-state index in [1.165, 1.54) is 30.2 Å². The zero-order valence-corrected chi connectivity index (χ0v) is 16.6. The van der Waals surface area contributed by atoms with Gasteiger partial charge in [0, 0.05) is 11.4 Å². The van der Waals surface area contributed by atoms with Crippen molar-refractivity contribution in [3.8, 4) is 5.75 Å². The molecule has 0 unspecified atom stereocenters. The molecule has 10 heteroatoms. The number of thioether (sulfide) groups is 1. The van der Waals surface area contributed by atoms with Crippen LogP contribution in [0.25, 0.3) is 0 Å². The lowest BCUT2D eigenvalue weighted by Gasteiger charge is -2.29. The first kappa shape index (κ1) is 19.2. The molecule has 1 aromatic heterocycles. The van der Waals surface area contributed by atoms with Crippen LogP contribution < -0.4 is 15.4 Å². The van der Waals surface area contributed by atoms with Crippen molar-refractivity contribution in [2.24, 2.45) is 0 Å². The largest absolute Gasteiger partial charge is 0.497 e. The van der Waals surface area contributed by atoms with Crippen LogP contribution in [0.2, 0.25) is 0 Å². The van der Waals surface area contributed by atoms with Gasteiger partial charge >= 0.3 is 12.0 Å². The van der Waals surface area contributed by atoms with Crippen LogP contribution in [0.5, 0.6) is 5.75 Å². The standard InChI is InChI=1S/C17H18N4O4S2/c1-9-20-21-17(27-9)26-8-12-13(15(22)25-3)14(19-16(23)18-12)10-4-6-11(24-2)7-5-10/h4-7,14H,8H2,1-3H3,(H2,18,19,23)/t14-/m0/s1. The number of amides is 2. The zero-order chi connectivity index (χ0) is 19.4. The predicted octanol–water partition coefficient (Wildman–Crippen LogP) is 2.43. The molecule has 0 fully saturated rings. The number of methoxy groups -OCH3 is 2. The number of esters is 1. The Balaban J connectivity index is 1.94. The maximum Gasteiger partial charge on any atom is 0.338 e. The van der Waals surface area contributed by atoms with E-state index in [0.717, 1.165) is 14.9 Å². The Kier molecular flexibility index (Phi) is 5.97. The molecule has 2 aromatic rings. The minimum absolute atomic E-state index is 0.357. The van der Waals surface area contributed by atoms with E-state index < -0.39 is 12.0 Å². The third-order valence-electron chi connectivity index (χ3n) is 3.86. The minimum atomic E-state index is -0.621. The van der Waals surface area contributed by atoms with Crippen LogP contribution in [-0.4, -0.2) is 42.2 Å². The number of hydrogen-bond acceptors (Lipinski definition) is 8. The van der Waals surface area contributed by atoms with Gasteiger partial charge in [0.1, 0.15) is 10.8 Å². The highest BCUT2D eigenvalue weighted by molar-refractivity contribution is 8.01. The van der Waals surface area contributed by atoms with Gasteiger partial charge in [-0.25, -0.2) is 9.59 Å². The maximum atomic E-state index is 12.5. The first-order valence-corrected chi connectivity index (χ1v) is 9.77. The summed E-state index contributed by atoms with van der Waals surface area (Å²) in [6.07, 6.45) is 0. The molecule has 0 bridgehead atoms. The average Bonchev–Trinajstić information content (AvgIpc) is 3.10. The number of hydrogen-bond donors (Lipinski definition) is 2. The van der Waals surface area contributed by atoms with Crippen LogP contribution in [-0.2, 0) is 9.53 Å². The topological polar surface area (TPSA) is 102 Å². The molecule has 27 heavy (non-hydrogen) atoms. The Bertz CT molecular complexity index is 879. The second-order valence-electron chi connectivity index (χ2n) is 5.56. The van der Waals surface area contributed by atoms with Crippen molar-refractivity contribution in [2.45, 2.75) is 17.3 Å². The molecule has 1 aliphatic rings. The van der Waals surface area contributed by atoms with Crippen molar-refractivity contribution in [3.05, 3.63) is 46.1 Å². The fourth-order valence-corrected chi connectivity index (χ4v) is 4.38. The van der Waals surface area contributed by atoms with Gasteiger partial charge < -0.3 is 20.1 Å². The van der Waals surface area contributed by atoms with E-state index in [0.29, 0.717) is 22.8 Å². The van der Waals surface area contributed by atoms with Gasteiger partial charge in [0.15, 0.2) is 4.34 Å². The van der Waals surface area contributed by atoms with E-state index in [2.05, 4.69) is 20.8 Å². The Morgan fingerprint density at radius 2 is 2.00 bits per heavy atom. The number of urea groups is 1. The maximum absolute atomic E-state index is 12.5. The molecule has 142 valence electrons. The van der Waals surface area contributed by atoms with E-state index in [1.54, 1.807) is 31.4 Å². The SMILES string of the molecule is COC(=O)C1=C(CSc2nnc(C)s2)NC(=O)N[C@H]1c1ccc(OC)cc1. The van der Waals surface area contributed by atoms with E-state index in [1.807, 2.05) is 6.92 Å². The lowest BCUT2D eigenvalue weighted by atomic mass is 9.95. The molecule has 8 nitrogen and oxygen atoms in total. The van der Waals surface area contributed by atoms with Crippen molar-refractivity contribution in [1.29, 1.82) is 0 Å². The molecule has 1 atom stereocenters. The van der Waals surface area contributed by atoms with Crippen LogP contribution in [0, 0.1) is 6.92 Å². The second-order valence-corrected chi connectivity index (χ2v) is 7.97. The van der Waals surface area contributed by atoms with Gasteiger partial charge in [-0.05, 0) is 24.6 Å². The van der Waals surface area contributed by atoms with E-state index in [-0.39, 0.29) is 6.03 Å². The van der Waals surface area contributed by atoms with E-state index in [9.17, 15) is 9.59 Å². The van der Waals surface area contributed by atoms with Gasteiger partial charge in [0.2, 0.25) is 0 Å². The summed E-state index contributed by atoms with van der Waals surface area (Å²) in [4.78, 5) is 24.7. The Hall–Kier alpha value is -2.59. The molecular weight excluding hydrogens is 388 g/mol. The number of carbonyl (C=O) groups excluding carboxylic acids is 2. The average molecular weight is 406 g/mol. The van der Waals surface area contributed by atoms with Crippen LogP contribution in [0.1, 0.15) is 16.6 Å². The van der Waals surface area contributed by atoms with Crippen molar-refractivity contribution in [2.75, 3.05) is 20.0 Å². The highest BCUT2D eigenvalue weighted by Crippen LogP contribution is 2.32. The number of aryl methyl sites for hydroxylation is 1. The number of carbonyl (C=O) groups is 2. The number of rotatable bonds is 6. The highest BCUT2D eigenvalue weighted by Gasteiger charge is 2.33. The fourth-order valence-electron chi connectivity index (χ4n) is 2.60. The first-order chi connectivity index (χ1) is 13.0. The molecule has 1 aromatic carbocycles. The molecule has 2 heterocycles. The van der Waals surface area contributed by atoms with Crippen LogP contribution in [0.15, 0.2) is 39.9 Å². The second kappa shape index (κ2) is 8.40. The lowest BCUT2D eigenvalue weighted by Crippen LogP contribution is -2.46. The number of nitrogens with one attached hydrogen (secondary N) is 2. The number of benzene rings is 1. The highest BCUT2D eigenvalue weighted by atomic mass is 32.2. The summed E-state index contributed by atoms with van der Waals surface area (Å²) in [5.41, 5.74) is 1.60. The van der Waals surface area contributed by atoms with Crippen LogP contribution in [0.4, 0.5) is 4.79 Å². The predicted molar refractivity (Wildman–Crippen MR) is 102 cm³/mol. The summed E-state index contributed by atoms with van der Waals surface area (Å²) >= 11 is 2.86. The summed E-state index contributed by atoms with van der Waals surface area (Å²) in [7, 11) is 2.89. The zero-order valence-electron chi connectivity index (χ0n) is 14.9. The quantitative estimate of drug-likeness (QED) is 0.561. The molecule has 2 N–H and O–H groups in total. The van der Waals surface area contributed by atoms with E-state index >= 15 is 0 Å². The summed E-state index contributed by atoms with van der Waals surface area (Å²) in [6.45, 7) is 1.87. The van der Waals surface area contributed by atoms with Crippen LogP contribution in [0.3, 0.4) is 0 Å². The smallest absolute Gasteiger partial charge is 0.338 e. The van der Waals surface area contributed by atoms with Gasteiger partial charge in [0.25, 0.3) is 0 Å². The number of nitrogens with zero attached hydrogens (tertiary/aromatic N) is 2. The lowest BCUT2D eigenvalue weighted by molar-refractivity contribution is -0.136. The van der Waals surface area contributed by atoms with Gasteiger partial charge in [-0.3, -0.25) is 0 Å². The third-order valence-corrected chi connectivity index (χ3v) is 5.85. The summed E-state index contributed by atoms with van der Waals surface area (Å²) in [5, 5.41) is 14.4. The Morgan fingerprint density at radius 1 is 1.26 bits per heavy atom. The molecule has 0 aliphatic carbocycles. The summed E-state index contributed by atoms with van der Waals surface area (Å²) in [6, 6.07) is 6.15. The van der Waals surface area contributed by atoms with Crippen molar-refractivity contribution >= 4 is 35.1 Å². The van der Waals surface area contributed by atoms with Gasteiger partial charge in [-0.1, -0.05) is 35.2 Å². The van der Waals surface area contributed by atoms with Crippen molar-refractivity contribution in [3.63, 3.8) is 0 Å². The number of ether oxygens (including phenoxy) is 2. The molecule has 0 spiro atoms.